The highest BCUT2D eigenvalue weighted by Crippen LogP contribution is 2.31. The fourth-order valence-electron chi connectivity index (χ4n) is 1.57. The molecule has 0 radical (unpaired) electrons. The monoisotopic (exact) mass is 379 g/mol. The number of anilines is 1. The van der Waals surface area contributed by atoms with Gasteiger partial charge in [0.15, 0.2) is 17.5 Å². The molecule has 0 heterocycles. The summed E-state index contributed by atoms with van der Waals surface area (Å²) >= 11 is 2.80. The van der Waals surface area contributed by atoms with Crippen LogP contribution in [-0.2, 0) is 10.0 Å². The lowest BCUT2D eigenvalue weighted by Gasteiger charge is -2.11. The predicted octanol–water partition coefficient (Wildman–Crippen LogP) is 3.98. The van der Waals surface area contributed by atoms with Crippen LogP contribution in [0.1, 0.15) is 5.56 Å². The second-order valence-electron chi connectivity index (χ2n) is 4.26. The van der Waals surface area contributed by atoms with Crippen LogP contribution in [0, 0.1) is 24.4 Å². The summed E-state index contributed by atoms with van der Waals surface area (Å²) in [6, 6.07) is 6.41. The molecule has 21 heavy (non-hydrogen) atoms. The third kappa shape index (κ3) is 3.21. The summed E-state index contributed by atoms with van der Waals surface area (Å²) in [6.45, 7) is 1.77. The number of rotatable bonds is 3. The predicted molar refractivity (Wildman–Crippen MR) is 76.0 cm³/mol. The van der Waals surface area contributed by atoms with E-state index in [9.17, 15) is 21.6 Å². The van der Waals surface area contributed by atoms with Gasteiger partial charge in [-0.1, -0.05) is 17.7 Å². The van der Waals surface area contributed by atoms with E-state index in [0.29, 0.717) is 6.07 Å². The Kier molecular flexibility index (Phi) is 4.29. The molecule has 0 aliphatic carbocycles. The molecule has 0 unspecified atom stereocenters. The maximum atomic E-state index is 13.7. The Balaban J connectivity index is 2.47. The standard InChI is InChI=1S/C13H9BrF3NO2S/c1-7-2-4-8(5-3-7)21(19,20)18-13-9(14)6-10(15)11(16)12(13)17/h2-6,18H,1H3. The molecule has 0 atom stereocenters. The summed E-state index contributed by atoms with van der Waals surface area (Å²) in [5.74, 6) is -4.78. The van der Waals surface area contributed by atoms with Crippen LogP contribution < -0.4 is 4.72 Å². The second kappa shape index (κ2) is 5.69. The van der Waals surface area contributed by atoms with Crippen LogP contribution in [0.15, 0.2) is 39.7 Å². The Morgan fingerprint density at radius 2 is 1.62 bits per heavy atom. The molecule has 112 valence electrons. The fourth-order valence-corrected chi connectivity index (χ4v) is 3.26. The van der Waals surface area contributed by atoms with E-state index in [1.54, 1.807) is 19.1 Å². The van der Waals surface area contributed by atoms with Crippen molar-refractivity contribution in [1.29, 1.82) is 0 Å². The molecule has 0 aromatic heterocycles. The molecule has 8 heteroatoms. The number of hydrogen-bond donors (Lipinski definition) is 1. The molecule has 0 saturated carbocycles. The summed E-state index contributed by atoms with van der Waals surface area (Å²) in [7, 11) is -4.11. The SMILES string of the molecule is Cc1ccc(S(=O)(=O)Nc2c(Br)cc(F)c(F)c2F)cc1. The van der Waals surface area contributed by atoms with E-state index in [1.807, 2.05) is 4.72 Å². The molecule has 0 bridgehead atoms. The van der Waals surface area contributed by atoms with Crippen molar-refractivity contribution >= 4 is 31.6 Å². The summed E-state index contributed by atoms with van der Waals surface area (Å²) in [5, 5.41) is 0. The zero-order valence-corrected chi connectivity index (χ0v) is 13.0. The van der Waals surface area contributed by atoms with E-state index in [2.05, 4.69) is 15.9 Å². The van der Waals surface area contributed by atoms with E-state index >= 15 is 0 Å². The lowest BCUT2D eigenvalue weighted by atomic mass is 10.2. The first-order chi connectivity index (χ1) is 9.72. The minimum Gasteiger partial charge on any atom is -0.275 e. The van der Waals surface area contributed by atoms with Crippen molar-refractivity contribution in [2.24, 2.45) is 0 Å². The van der Waals surface area contributed by atoms with Crippen molar-refractivity contribution in [2.45, 2.75) is 11.8 Å². The average molecular weight is 380 g/mol. The van der Waals surface area contributed by atoms with Gasteiger partial charge in [-0.2, -0.15) is 0 Å². The summed E-state index contributed by atoms with van der Waals surface area (Å²) in [6.07, 6.45) is 0. The number of benzene rings is 2. The van der Waals surface area contributed by atoms with Crippen LogP contribution in [0.3, 0.4) is 0 Å². The number of hydrogen-bond acceptors (Lipinski definition) is 2. The van der Waals surface area contributed by atoms with E-state index in [1.165, 1.54) is 12.1 Å². The van der Waals surface area contributed by atoms with Crippen LogP contribution in [0.25, 0.3) is 0 Å². The van der Waals surface area contributed by atoms with Gasteiger partial charge in [-0.3, -0.25) is 4.72 Å². The van der Waals surface area contributed by atoms with Gasteiger partial charge in [0, 0.05) is 4.47 Å². The zero-order valence-electron chi connectivity index (χ0n) is 10.6. The maximum absolute atomic E-state index is 13.7. The van der Waals surface area contributed by atoms with Gasteiger partial charge in [0.1, 0.15) is 5.69 Å². The minimum absolute atomic E-state index is 0.121. The maximum Gasteiger partial charge on any atom is 0.262 e. The molecule has 2 aromatic rings. The van der Waals surface area contributed by atoms with Crippen LogP contribution in [0.2, 0.25) is 0 Å². The molecule has 0 aliphatic heterocycles. The van der Waals surface area contributed by atoms with Gasteiger partial charge in [0.2, 0.25) is 0 Å². The molecule has 2 aromatic carbocycles. The van der Waals surface area contributed by atoms with Gasteiger partial charge in [0.25, 0.3) is 10.0 Å². The Bertz CT molecular complexity index is 792. The van der Waals surface area contributed by atoms with Crippen molar-refractivity contribution in [3.63, 3.8) is 0 Å². The largest absolute Gasteiger partial charge is 0.275 e. The molecule has 2 rings (SSSR count). The average Bonchev–Trinajstić information content (AvgIpc) is 2.42. The lowest BCUT2D eigenvalue weighted by Crippen LogP contribution is -2.15. The van der Waals surface area contributed by atoms with E-state index in [-0.39, 0.29) is 9.37 Å². The number of sulfonamides is 1. The molecule has 0 fully saturated rings. The molecule has 0 aliphatic rings. The normalized spacial score (nSPS) is 11.5. The van der Waals surface area contributed by atoms with Gasteiger partial charge < -0.3 is 0 Å². The van der Waals surface area contributed by atoms with Crippen LogP contribution >= 0.6 is 15.9 Å². The topological polar surface area (TPSA) is 46.2 Å². The molecule has 0 saturated heterocycles. The van der Waals surface area contributed by atoms with Gasteiger partial charge in [-0.15, -0.1) is 0 Å². The van der Waals surface area contributed by atoms with Crippen molar-refractivity contribution in [2.75, 3.05) is 4.72 Å². The van der Waals surface area contributed by atoms with E-state index in [0.717, 1.165) is 5.56 Å². The van der Waals surface area contributed by atoms with Crippen molar-refractivity contribution < 1.29 is 21.6 Å². The molecule has 0 spiro atoms. The summed E-state index contributed by atoms with van der Waals surface area (Å²) < 4.78 is 65.7. The Labute approximate surface area is 128 Å². The molecule has 3 nitrogen and oxygen atoms in total. The van der Waals surface area contributed by atoms with Gasteiger partial charge >= 0.3 is 0 Å². The lowest BCUT2D eigenvalue weighted by molar-refractivity contribution is 0.448. The van der Waals surface area contributed by atoms with Gasteiger partial charge in [-0.05, 0) is 41.1 Å². The zero-order chi connectivity index (χ0) is 15.8. The van der Waals surface area contributed by atoms with Crippen molar-refractivity contribution in [3.05, 3.63) is 57.8 Å². The first-order valence-electron chi connectivity index (χ1n) is 5.65. The number of nitrogens with one attached hydrogen (secondary N) is 1. The van der Waals surface area contributed by atoms with Crippen LogP contribution in [0.5, 0.6) is 0 Å². The fraction of sp³-hybridized carbons (Fsp3) is 0.0769. The summed E-state index contributed by atoms with van der Waals surface area (Å²) in [5.41, 5.74) is 0.156. The van der Waals surface area contributed by atoms with Crippen molar-refractivity contribution in [1.82, 2.24) is 0 Å². The van der Waals surface area contributed by atoms with Crippen LogP contribution in [0.4, 0.5) is 18.9 Å². The second-order valence-corrected chi connectivity index (χ2v) is 6.80. The smallest absolute Gasteiger partial charge is 0.262 e. The highest BCUT2D eigenvalue weighted by molar-refractivity contribution is 9.10. The molecular weight excluding hydrogens is 371 g/mol. The summed E-state index contributed by atoms with van der Waals surface area (Å²) in [4.78, 5) is -0.121. The van der Waals surface area contributed by atoms with Crippen LogP contribution in [-0.4, -0.2) is 8.42 Å². The quantitative estimate of drug-likeness (QED) is 0.647. The third-order valence-electron chi connectivity index (χ3n) is 2.68. The number of aryl methyl sites for hydroxylation is 1. The highest BCUT2D eigenvalue weighted by Gasteiger charge is 2.22. The first-order valence-corrected chi connectivity index (χ1v) is 7.92. The Hall–Kier alpha value is -1.54. The third-order valence-corrected chi connectivity index (χ3v) is 4.67. The van der Waals surface area contributed by atoms with E-state index in [4.69, 9.17) is 0 Å². The van der Waals surface area contributed by atoms with Gasteiger partial charge in [0.05, 0.1) is 4.90 Å². The Morgan fingerprint density at radius 3 is 2.19 bits per heavy atom. The molecule has 0 amide bonds. The Morgan fingerprint density at radius 1 is 1.05 bits per heavy atom. The first kappa shape index (κ1) is 15.8. The minimum atomic E-state index is -4.11. The van der Waals surface area contributed by atoms with E-state index < -0.39 is 33.2 Å². The molecular formula is C13H9BrF3NO2S. The highest BCUT2D eigenvalue weighted by atomic mass is 79.9. The number of halogens is 4. The van der Waals surface area contributed by atoms with Gasteiger partial charge in [-0.25, -0.2) is 21.6 Å². The molecule has 1 N–H and O–H groups in total. The van der Waals surface area contributed by atoms with Crippen molar-refractivity contribution in [3.8, 4) is 0 Å².